The lowest BCUT2D eigenvalue weighted by Gasteiger charge is -2.29. The number of rotatable bonds is 10. The molecule has 0 aromatic heterocycles. The number of carbonyl (C=O) groups excluding carboxylic acids is 2. The van der Waals surface area contributed by atoms with E-state index in [1.165, 1.54) is 26.4 Å². The van der Waals surface area contributed by atoms with Crippen molar-refractivity contribution in [3.8, 4) is 11.5 Å². The molecule has 3 rings (SSSR count). The van der Waals surface area contributed by atoms with Crippen LogP contribution in [-0.2, 0) is 16.1 Å². The van der Waals surface area contributed by atoms with E-state index < -0.39 is 23.0 Å². The summed E-state index contributed by atoms with van der Waals surface area (Å²) in [6.45, 7) is 4.02. The van der Waals surface area contributed by atoms with Gasteiger partial charge >= 0.3 is 17.7 Å². The highest BCUT2D eigenvalue weighted by Crippen LogP contribution is 2.42. The van der Waals surface area contributed by atoms with Crippen molar-refractivity contribution >= 4 is 17.7 Å². The lowest BCUT2D eigenvalue weighted by Crippen LogP contribution is -2.46. The molecule has 2 N–H and O–H groups in total. The van der Waals surface area contributed by atoms with Crippen LogP contribution >= 0.6 is 0 Å². The first kappa shape index (κ1) is 25.5. The van der Waals surface area contributed by atoms with Crippen LogP contribution in [0.1, 0.15) is 48.9 Å². The molecule has 35 heavy (non-hydrogen) atoms. The topological polar surface area (TPSA) is 129 Å². The Morgan fingerprint density at radius 2 is 1.97 bits per heavy atom. The van der Waals surface area contributed by atoms with Crippen molar-refractivity contribution in [2.45, 2.75) is 45.8 Å². The number of nitrogens with one attached hydrogen (secondary N) is 2. The molecule has 0 spiro atoms. The maximum Gasteiger partial charge on any atom is 0.337 e. The van der Waals surface area contributed by atoms with Gasteiger partial charge in [-0.2, -0.15) is 0 Å². The predicted octanol–water partition coefficient (Wildman–Crippen LogP) is 4.46. The van der Waals surface area contributed by atoms with E-state index in [9.17, 15) is 19.7 Å². The smallest absolute Gasteiger partial charge is 0.337 e. The number of allylic oxidation sites excluding steroid dienone is 1. The molecule has 0 saturated carbocycles. The molecule has 0 saturated heterocycles. The number of hydrogen-bond donors (Lipinski definition) is 2. The summed E-state index contributed by atoms with van der Waals surface area (Å²) in [5.74, 6) is -0.582. The third-order valence-corrected chi connectivity index (χ3v) is 5.61. The minimum atomic E-state index is -0.971. The fraction of sp³-hybridized carbons (Fsp3) is 0.360. The van der Waals surface area contributed by atoms with Crippen molar-refractivity contribution in [1.82, 2.24) is 10.6 Å². The molecule has 1 aliphatic rings. The van der Waals surface area contributed by atoms with Crippen LogP contribution in [0.4, 0.5) is 10.5 Å². The Kier molecular flexibility index (Phi) is 8.30. The number of esters is 1. The van der Waals surface area contributed by atoms with Crippen LogP contribution in [-0.4, -0.2) is 31.1 Å². The summed E-state index contributed by atoms with van der Waals surface area (Å²) in [6, 6.07) is 8.91. The average Bonchev–Trinajstić information content (AvgIpc) is 2.84. The molecule has 186 valence electrons. The molecule has 1 aliphatic heterocycles. The zero-order chi connectivity index (χ0) is 25.5. The zero-order valence-electron chi connectivity index (χ0n) is 20.2. The first-order valence-corrected chi connectivity index (χ1v) is 11.2. The number of carbonyl (C=O) groups is 2. The lowest BCUT2D eigenvalue weighted by molar-refractivity contribution is -0.386. The molecule has 1 unspecified atom stereocenters. The van der Waals surface area contributed by atoms with Crippen molar-refractivity contribution in [2.24, 2.45) is 0 Å². The number of urea groups is 1. The van der Waals surface area contributed by atoms with Crippen LogP contribution in [0.25, 0.3) is 0 Å². The van der Waals surface area contributed by atoms with E-state index in [-0.39, 0.29) is 29.4 Å². The van der Waals surface area contributed by atoms with E-state index in [0.29, 0.717) is 17.7 Å². The Morgan fingerprint density at radius 3 is 2.60 bits per heavy atom. The third kappa shape index (κ3) is 5.89. The summed E-state index contributed by atoms with van der Waals surface area (Å²) in [5.41, 5.74) is 2.43. The molecule has 1 heterocycles. The van der Waals surface area contributed by atoms with E-state index in [2.05, 4.69) is 10.6 Å². The van der Waals surface area contributed by atoms with Gasteiger partial charge in [-0.05, 0) is 37.0 Å². The van der Waals surface area contributed by atoms with E-state index in [1.54, 1.807) is 0 Å². The van der Waals surface area contributed by atoms with Gasteiger partial charge in [-0.15, -0.1) is 0 Å². The first-order chi connectivity index (χ1) is 16.8. The molecule has 1 atom stereocenters. The van der Waals surface area contributed by atoms with Crippen LogP contribution in [0.3, 0.4) is 0 Å². The predicted molar refractivity (Wildman–Crippen MR) is 128 cm³/mol. The number of aryl methyl sites for hydroxylation is 1. The zero-order valence-corrected chi connectivity index (χ0v) is 20.2. The van der Waals surface area contributed by atoms with Gasteiger partial charge in [0.1, 0.15) is 6.61 Å². The van der Waals surface area contributed by atoms with Crippen molar-refractivity contribution in [1.29, 1.82) is 0 Å². The molecule has 2 aromatic carbocycles. The second kappa shape index (κ2) is 11.4. The van der Waals surface area contributed by atoms with Gasteiger partial charge in [-0.1, -0.05) is 43.2 Å². The molecule has 2 aromatic rings. The Labute approximate surface area is 203 Å². The third-order valence-electron chi connectivity index (χ3n) is 5.61. The number of hydrogen-bond acceptors (Lipinski definition) is 7. The number of unbranched alkanes of at least 4 members (excludes halogenated alkanes) is 1. The fourth-order valence-corrected chi connectivity index (χ4v) is 3.93. The van der Waals surface area contributed by atoms with Gasteiger partial charge in [0, 0.05) is 11.8 Å². The van der Waals surface area contributed by atoms with Crippen molar-refractivity contribution in [3.63, 3.8) is 0 Å². The second-order valence-corrected chi connectivity index (χ2v) is 8.13. The quantitative estimate of drug-likeness (QED) is 0.290. The number of amides is 2. The van der Waals surface area contributed by atoms with E-state index in [0.717, 1.165) is 24.0 Å². The van der Waals surface area contributed by atoms with Crippen LogP contribution in [0, 0.1) is 17.0 Å². The highest BCUT2D eigenvalue weighted by molar-refractivity contribution is 5.95. The summed E-state index contributed by atoms with van der Waals surface area (Å²) in [5, 5.41) is 17.4. The van der Waals surface area contributed by atoms with Gasteiger partial charge in [0.05, 0.1) is 30.8 Å². The van der Waals surface area contributed by atoms with Crippen LogP contribution < -0.4 is 20.1 Å². The Morgan fingerprint density at radius 1 is 1.20 bits per heavy atom. The van der Waals surface area contributed by atoms with E-state index in [4.69, 9.17) is 14.2 Å². The Bertz CT molecular complexity index is 1160. The molecule has 0 fully saturated rings. The number of nitrogens with zero attached hydrogens (tertiary/aromatic N) is 1. The van der Waals surface area contributed by atoms with Crippen molar-refractivity contribution in [2.75, 3.05) is 14.2 Å². The molecule has 10 nitrogen and oxygen atoms in total. The molecular formula is C25H29N3O7. The number of benzene rings is 2. The van der Waals surface area contributed by atoms with E-state index >= 15 is 0 Å². The molecule has 2 amide bonds. The number of methoxy groups -OCH3 is 2. The Balaban J connectivity index is 2.08. The van der Waals surface area contributed by atoms with Gasteiger partial charge in [0.25, 0.3) is 0 Å². The lowest BCUT2D eigenvalue weighted by atomic mass is 9.93. The second-order valence-electron chi connectivity index (χ2n) is 8.13. The maximum atomic E-state index is 12.7. The summed E-state index contributed by atoms with van der Waals surface area (Å²) < 4.78 is 16.2. The molecule has 0 aliphatic carbocycles. The Hall–Kier alpha value is -4.08. The van der Waals surface area contributed by atoms with Gasteiger partial charge in [-0.3, -0.25) is 10.1 Å². The molecule has 0 radical (unpaired) electrons. The van der Waals surface area contributed by atoms with Gasteiger partial charge in [0.2, 0.25) is 5.75 Å². The maximum absolute atomic E-state index is 12.7. The van der Waals surface area contributed by atoms with E-state index in [1.807, 2.05) is 38.1 Å². The average molecular weight is 484 g/mol. The molecular weight excluding hydrogens is 454 g/mol. The van der Waals surface area contributed by atoms with Gasteiger partial charge < -0.3 is 24.8 Å². The normalized spacial score (nSPS) is 15.2. The SMILES string of the molecule is CCCCC1=C(C(=O)OC)C(c2cc(OC)c(OCc3cccc(C)c3)c([N+](=O)[O-])c2)NC(=O)N1. The first-order valence-electron chi connectivity index (χ1n) is 11.2. The van der Waals surface area contributed by atoms with Crippen LogP contribution in [0.5, 0.6) is 11.5 Å². The molecule has 10 heteroatoms. The van der Waals surface area contributed by atoms with Crippen molar-refractivity contribution in [3.05, 3.63) is 74.5 Å². The summed E-state index contributed by atoms with van der Waals surface area (Å²) in [6.07, 6.45) is 2.03. The minimum Gasteiger partial charge on any atom is -0.493 e. The summed E-state index contributed by atoms with van der Waals surface area (Å²) >= 11 is 0. The number of nitro benzene ring substituents is 1. The number of ether oxygens (including phenoxy) is 3. The largest absolute Gasteiger partial charge is 0.493 e. The summed E-state index contributed by atoms with van der Waals surface area (Å²) in [7, 11) is 2.61. The highest BCUT2D eigenvalue weighted by atomic mass is 16.6. The van der Waals surface area contributed by atoms with Gasteiger partial charge in [0.15, 0.2) is 5.75 Å². The van der Waals surface area contributed by atoms with Crippen LogP contribution in [0.2, 0.25) is 0 Å². The number of nitro groups is 1. The summed E-state index contributed by atoms with van der Waals surface area (Å²) in [4.78, 5) is 36.5. The standard InChI is InChI=1S/C25H29N3O7/c1-5-6-10-18-21(24(29)34-4)22(27-25(30)26-18)17-12-19(28(31)32)23(20(13-17)33-3)35-14-16-9-7-8-15(2)11-16/h7-9,11-13,22H,5-6,10,14H2,1-4H3,(H2,26,27,30). The highest BCUT2D eigenvalue weighted by Gasteiger charge is 2.35. The van der Waals surface area contributed by atoms with Gasteiger partial charge in [-0.25, -0.2) is 9.59 Å². The minimum absolute atomic E-state index is 0.0437. The molecule has 0 bridgehead atoms. The van der Waals surface area contributed by atoms with Crippen molar-refractivity contribution < 1.29 is 28.7 Å². The van der Waals surface area contributed by atoms with Crippen LogP contribution in [0.15, 0.2) is 47.7 Å². The monoisotopic (exact) mass is 483 g/mol. The fourth-order valence-electron chi connectivity index (χ4n) is 3.93.